The third-order valence-corrected chi connectivity index (χ3v) is 4.42. The molecule has 3 aromatic rings. The lowest BCUT2D eigenvalue weighted by Gasteiger charge is -2.06. The molecule has 0 saturated carbocycles. The maximum atomic E-state index is 12.3. The van der Waals surface area contributed by atoms with Gasteiger partial charge in [0.15, 0.2) is 0 Å². The first kappa shape index (κ1) is 22.6. The van der Waals surface area contributed by atoms with Crippen molar-refractivity contribution in [2.45, 2.75) is 26.3 Å². The highest BCUT2D eigenvalue weighted by Crippen LogP contribution is 2.16. The molecular formula is C22H23N5O5. The number of amides is 1. The van der Waals surface area contributed by atoms with Gasteiger partial charge in [0.05, 0.1) is 24.8 Å². The molecule has 0 unspecified atom stereocenters. The normalized spacial score (nSPS) is 10.4. The molecule has 0 aliphatic rings. The molecule has 0 spiro atoms. The van der Waals surface area contributed by atoms with Crippen molar-refractivity contribution in [2.75, 3.05) is 19.0 Å². The second-order valence-corrected chi connectivity index (χ2v) is 6.83. The quantitative estimate of drug-likeness (QED) is 0.400. The van der Waals surface area contributed by atoms with E-state index in [0.717, 1.165) is 17.6 Å². The fourth-order valence-corrected chi connectivity index (χ4v) is 2.74. The summed E-state index contributed by atoms with van der Waals surface area (Å²) in [4.78, 5) is 37.1. The van der Waals surface area contributed by atoms with Crippen molar-refractivity contribution in [2.24, 2.45) is 0 Å². The predicted molar refractivity (Wildman–Crippen MR) is 115 cm³/mol. The van der Waals surface area contributed by atoms with E-state index in [1.54, 1.807) is 48.5 Å². The van der Waals surface area contributed by atoms with E-state index in [-0.39, 0.29) is 18.3 Å². The van der Waals surface area contributed by atoms with Crippen LogP contribution in [0.25, 0.3) is 11.4 Å². The Morgan fingerprint density at radius 3 is 2.53 bits per heavy atom. The summed E-state index contributed by atoms with van der Waals surface area (Å²) in [5.74, 6) is -0.962. The number of esters is 2. The smallest absolute Gasteiger partial charge is 0.338 e. The van der Waals surface area contributed by atoms with E-state index in [0.29, 0.717) is 29.0 Å². The molecule has 10 nitrogen and oxygen atoms in total. The molecule has 10 heteroatoms. The lowest BCUT2D eigenvalue weighted by molar-refractivity contribution is -0.117. The molecule has 1 amide bonds. The number of benzene rings is 2. The molecule has 0 atom stereocenters. The summed E-state index contributed by atoms with van der Waals surface area (Å²) < 4.78 is 9.86. The van der Waals surface area contributed by atoms with Gasteiger partial charge in [-0.15, -0.1) is 10.2 Å². The number of anilines is 1. The van der Waals surface area contributed by atoms with Gasteiger partial charge < -0.3 is 14.8 Å². The maximum absolute atomic E-state index is 12.3. The van der Waals surface area contributed by atoms with Gasteiger partial charge in [0.1, 0.15) is 6.54 Å². The van der Waals surface area contributed by atoms with Gasteiger partial charge in [-0.3, -0.25) is 4.79 Å². The second kappa shape index (κ2) is 10.8. The lowest BCUT2D eigenvalue weighted by atomic mass is 10.1. The first-order valence-corrected chi connectivity index (χ1v) is 10.0. The first-order chi connectivity index (χ1) is 15.5. The summed E-state index contributed by atoms with van der Waals surface area (Å²) in [6.45, 7) is 2.24. The summed E-state index contributed by atoms with van der Waals surface area (Å²) in [6, 6.07) is 13.0. The third-order valence-electron chi connectivity index (χ3n) is 4.42. The van der Waals surface area contributed by atoms with Crippen molar-refractivity contribution in [3.8, 4) is 11.4 Å². The number of carbonyl (C=O) groups is 3. The van der Waals surface area contributed by atoms with E-state index in [1.165, 1.54) is 7.11 Å². The number of carbonyl (C=O) groups excluding carboxylic acids is 3. The Hall–Kier alpha value is -4.08. The highest BCUT2D eigenvalue weighted by atomic mass is 16.5. The second-order valence-electron chi connectivity index (χ2n) is 6.83. The molecule has 0 aliphatic carbocycles. The standard InChI is InChI=1S/C22H23N5O5/c1-3-4-12-32-22(30)15-8-10-18(11-9-15)23-19(28)14-27-25-20(24-26-27)16-6-5-7-17(13-16)21(29)31-2/h5-11,13H,3-4,12,14H2,1-2H3,(H,23,28). The van der Waals surface area contributed by atoms with E-state index in [9.17, 15) is 14.4 Å². The molecule has 0 fully saturated rings. The monoisotopic (exact) mass is 437 g/mol. The third kappa shape index (κ3) is 5.97. The number of nitrogens with zero attached hydrogens (tertiary/aromatic N) is 4. The Morgan fingerprint density at radius 1 is 1.03 bits per heavy atom. The van der Waals surface area contributed by atoms with Gasteiger partial charge in [0.25, 0.3) is 0 Å². The number of hydrogen-bond donors (Lipinski definition) is 1. The van der Waals surface area contributed by atoms with Gasteiger partial charge >= 0.3 is 11.9 Å². The van der Waals surface area contributed by atoms with Crippen molar-refractivity contribution in [3.05, 3.63) is 59.7 Å². The van der Waals surface area contributed by atoms with Crippen LogP contribution in [0.15, 0.2) is 48.5 Å². The van der Waals surface area contributed by atoms with E-state index < -0.39 is 11.9 Å². The molecule has 32 heavy (non-hydrogen) atoms. The van der Waals surface area contributed by atoms with Gasteiger partial charge in [-0.05, 0) is 48.0 Å². The van der Waals surface area contributed by atoms with Crippen LogP contribution in [0.5, 0.6) is 0 Å². The molecule has 0 aliphatic heterocycles. The van der Waals surface area contributed by atoms with E-state index in [2.05, 4.69) is 20.7 Å². The van der Waals surface area contributed by atoms with E-state index in [4.69, 9.17) is 9.47 Å². The molecule has 0 bridgehead atoms. The van der Waals surface area contributed by atoms with Crippen molar-refractivity contribution in [1.29, 1.82) is 0 Å². The number of hydrogen-bond acceptors (Lipinski definition) is 8. The minimum atomic E-state index is -0.473. The number of rotatable bonds is 9. The van der Waals surface area contributed by atoms with Crippen LogP contribution in [0.3, 0.4) is 0 Å². The van der Waals surface area contributed by atoms with Crippen LogP contribution in [0, 0.1) is 0 Å². The fraction of sp³-hybridized carbons (Fsp3) is 0.273. The van der Waals surface area contributed by atoms with Crippen molar-refractivity contribution < 1.29 is 23.9 Å². The zero-order valence-corrected chi connectivity index (χ0v) is 17.8. The zero-order valence-electron chi connectivity index (χ0n) is 17.8. The van der Waals surface area contributed by atoms with Crippen LogP contribution in [-0.4, -0.2) is 51.8 Å². The molecule has 166 valence electrons. The lowest BCUT2D eigenvalue weighted by Crippen LogP contribution is -2.20. The van der Waals surface area contributed by atoms with Crippen LogP contribution in [0.2, 0.25) is 0 Å². The molecule has 1 N–H and O–H groups in total. The summed E-state index contributed by atoms with van der Waals surface area (Å²) in [5, 5.41) is 14.7. The summed E-state index contributed by atoms with van der Waals surface area (Å²) in [5.41, 5.74) is 1.86. The minimum Gasteiger partial charge on any atom is -0.465 e. The molecule has 0 saturated heterocycles. The fourth-order valence-electron chi connectivity index (χ4n) is 2.74. The maximum Gasteiger partial charge on any atom is 0.338 e. The van der Waals surface area contributed by atoms with Gasteiger partial charge in [-0.25, -0.2) is 9.59 Å². The number of ether oxygens (including phenoxy) is 2. The largest absolute Gasteiger partial charge is 0.465 e. The summed E-state index contributed by atoms with van der Waals surface area (Å²) >= 11 is 0. The van der Waals surface area contributed by atoms with Gasteiger partial charge in [0.2, 0.25) is 11.7 Å². The van der Waals surface area contributed by atoms with Gasteiger partial charge in [-0.1, -0.05) is 25.5 Å². The molecule has 1 aromatic heterocycles. The van der Waals surface area contributed by atoms with Crippen LogP contribution in [0.1, 0.15) is 40.5 Å². The van der Waals surface area contributed by atoms with Gasteiger partial charge in [0, 0.05) is 11.3 Å². The number of tetrazole rings is 1. The van der Waals surface area contributed by atoms with Crippen molar-refractivity contribution in [3.63, 3.8) is 0 Å². The molecule has 1 heterocycles. The van der Waals surface area contributed by atoms with Crippen molar-refractivity contribution >= 4 is 23.5 Å². The number of methoxy groups -OCH3 is 1. The zero-order chi connectivity index (χ0) is 22.9. The van der Waals surface area contributed by atoms with E-state index >= 15 is 0 Å². The molecule has 2 aromatic carbocycles. The minimum absolute atomic E-state index is 0.162. The average Bonchev–Trinajstić information content (AvgIpc) is 3.27. The molecular weight excluding hydrogens is 414 g/mol. The Morgan fingerprint density at radius 2 is 1.81 bits per heavy atom. The topological polar surface area (TPSA) is 125 Å². The highest BCUT2D eigenvalue weighted by Gasteiger charge is 2.13. The van der Waals surface area contributed by atoms with Crippen LogP contribution in [0.4, 0.5) is 5.69 Å². The summed E-state index contributed by atoms with van der Waals surface area (Å²) in [7, 11) is 1.30. The SMILES string of the molecule is CCCCOC(=O)c1ccc(NC(=O)Cn2nnc(-c3cccc(C(=O)OC)c3)n2)cc1. The number of aromatic nitrogens is 4. The highest BCUT2D eigenvalue weighted by molar-refractivity contribution is 5.93. The van der Waals surface area contributed by atoms with Crippen LogP contribution < -0.4 is 5.32 Å². The number of nitrogens with one attached hydrogen (secondary N) is 1. The van der Waals surface area contributed by atoms with E-state index in [1.807, 2.05) is 6.92 Å². The number of unbranched alkanes of at least 4 members (excludes halogenated alkanes) is 1. The van der Waals surface area contributed by atoms with Crippen molar-refractivity contribution in [1.82, 2.24) is 20.2 Å². The Bertz CT molecular complexity index is 1090. The molecule has 0 radical (unpaired) electrons. The predicted octanol–water partition coefficient (Wildman–Crippen LogP) is 2.72. The van der Waals surface area contributed by atoms with Crippen LogP contribution in [-0.2, 0) is 20.8 Å². The first-order valence-electron chi connectivity index (χ1n) is 10.0. The summed E-state index contributed by atoms with van der Waals surface area (Å²) in [6.07, 6.45) is 1.76. The van der Waals surface area contributed by atoms with Gasteiger partial charge in [-0.2, -0.15) is 4.80 Å². The van der Waals surface area contributed by atoms with Crippen LogP contribution >= 0.6 is 0 Å². The Balaban J connectivity index is 1.57. The Kier molecular flexibility index (Phi) is 7.63. The average molecular weight is 437 g/mol. The molecule has 3 rings (SSSR count). The Labute approximate surface area is 184 Å².